The number of aryl methyl sites for hydroxylation is 2. The Morgan fingerprint density at radius 2 is 1.89 bits per heavy atom. The van der Waals surface area contributed by atoms with E-state index in [1.54, 1.807) is 0 Å². The summed E-state index contributed by atoms with van der Waals surface area (Å²) >= 11 is 0. The van der Waals surface area contributed by atoms with Gasteiger partial charge in [0.2, 0.25) is 0 Å². The number of nitrogens with one attached hydrogen (secondary N) is 1. The highest BCUT2D eigenvalue weighted by Crippen LogP contribution is 2.33. The average molecular weight is 362 g/mol. The second kappa shape index (κ2) is 7.47. The fourth-order valence-electron chi connectivity index (χ4n) is 3.91. The Bertz CT molecular complexity index is 952. The van der Waals surface area contributed by atoms with Crippen LogP contribution >= 0.6 is 0 Å². The number of amides is 1. The third-order valence-electron chi connectivity index (χ3n) is 5.75. The standard InChI is InChI=1S/C23H26N2O2/c1-16-7-8-19(13-17(16)2)27-15-23(26)25-11-9-18(10-12-25)21-14-24-22-6-4-3-5-20(21)22/h3-8,13-14,18,24H,9-12,15H2,1-2H3. The average Bonchev–Trinajstić information content (AvgIpc) is 3.13. The predicted molar refractivity (Wildman–Crippen MR) is 108 cm³/mol. The number of nitrogens with zero attached hydrogens (tertiary/aromatic N) is 1. The Morgan fingerprint density at radius 1 is 1.11 bits per heavy atom. The summed E-state index contributed by atoms with van der Waals surface area (Å²) in [6.45, 7) is 5.82. The van der Waals surface area contributed by atoms with Crippen molar-refractivity contribution in [2.24, 2.45) is 0 Å². The third-order valence-corrected chi connectivity index (χ3v) is 5.75. The van der Waals surface area contributed by atoms with Crippen LogP contribution in [-0.4, -0.2) is 35.5 Å². The first-order chi connectivity index (χ1) is 13.1. The lowest BCUT2D eigenvalue weighted by Gasteiger charge is -2.32. The largest absolute Gasteiger partial charge is 0.484 e. The molecule has 0 atom stereocenters. The minimum absolute atomic E-state index is 0.0746. The summed E-state index contributed by atoms with van der Waals surface area (Å²) in [5, 5.41) is 1.31. The Hall–Kier alpha value is -2.75. The fraction of sp³-hybridized carbons (Fsp3) is 0.348. The number of ether oxygens (including phenoxy) is 1. The summed E-state index contributed by atoms with van der Waals surface area (Å²) in [6.07, 6.45) is 4.13. The minimum Gasteiger partial charge on any atom is -0.484 e. The zero-order chi connectivity index (χ0) is 18.8. The summed E-state index contributed by atoms with van der Waals surface area (Å²) < 4.78 is 5.72. The van der Waals surface area contributed by atoms with E-state index in [1.165, 1.54) is 27.6 Å². The number of carbonyl (C=O) groups excluding carboxylic acids is 1. The van der Waals surface area contributed by atoms with Gasteiger partial charge in [-0.05, 0) is 67.5 Å². The number of likely N-dealkylation sites (tertiary alicyclic amines) is 1. The summed E-state index contributed by atoms with van der Waals surface area (Å²) in [4.78, 5) is 17.8. The number of carbonyl (C=O) groups is 1. The lowest BCUT2D eigenvalue weighted by molar-refractivity contribution is -0.134. The molecule has 140 valence electrons. The lowest BCUT2D eigenvalue weighted by atomic mass is 9.89. The number of aromatic amines is 1. The summed E-state index contributed by atoms with van der Waals surface area (Å²) in [5.74, 6) is 1.34. The molecule has 27 heavy (non-hydrogen) atoms. The van der Waals surface area contributed by atoms with Crippen LogP contribution in [0.15, 0.2) is 48.7 Å². The quantitative estimate of drug-likeness (QED) is 0.739. The first-order valence-corrected chi connectivity index (χ1v) is 9.65. The Kier molecular flexibility index (Phi) is 4.88. The molecule has 1 N–H and O–H groups in total. The van der Waals surface area contributed by atoms with Crippen LogP contribution in [0.25, 0.3) is 10.9 Å². The van der Waals surface area contributed by atoms with E-state index in [9.17, 15) is 4.79 Å². The van der Waals surface area contributed by atoms with Gasteiger partial charge in [-0.25, -0.2) is 0 Å². The maximum absolute atomic E-state index is 12.5. The molecule has 4 rings (SSSR count). The van der Waals surface area contributed by atoms with E-state index in [1.807, 2.05) is 23.1 Å². The fourth-order valence-corrected chi connectivity index (χ4v) is 3.91. The number of para-hydroxylation sites is 1. The van der Waals surface area contributed by atoms with Crippen LogP contribution in [0.3, 0.4) is 0 Å². The van der Waals surface area contributed by atoms with Crippen molar-refractivity contribution in [1.29, 1.82) is 0 Å². The number of hydrogen-bond acceptors (Lipinski definition) is 2. The van der Waals surface area contributed by atoms with Gasteiger partial charge in [0.15, 0.2) is 6.61 Å². The van der Waals surface area contributed by atoms with Crippen molar-refractivity contribution >= 4 is 16.8 Å². The molecule has 4 heteroatoms. The Balaban J connectivity index is 1.33. The lowest BCUT2D eigenvalue weighted by Crippen LogP contribution is -2.40. The van der Waals surface area contributed by atoms with Crippen molar-refractivity contribution in [3.8, 4) is 5.75 Å². The van der Waals surface area contributed by atoms with E-state index in [2.05, 4.69) is 49.3 Å². The second-order valence-electron chi connectivity index (χ2n) is 7.48. The molecule has 0 unspecified atom stereocenters. The molecule has 1 fully saturated rings. The molecule has 2 heterocycles. The molecule has 4 nitrogen and oxygen atoms in total. The highest BCUT2D eigenvalue weighted by Gasteiger charge is 2.25. The van der Waals surface area contributed by atoms with Crippen LogP contribution in [0.5, 0.6) is 5.75 Å². The highest BCUT2D eigenvalue weighted by molar-refractivity contribution is 5.83. The summed E-state index contributed by atoms with van der Waals surface area (Å²) in [7, 11) is 0. The van der Waals surface area contributed by atoms with E-state index in [0.29, 0.717) is 5.92 Å². The van der Waals surface area contributed by atoms with Crippen LogP contribution in [0.2, 0.25) is 0 Å². The molecule has 0 radical (unpaired) electrons. The van der Waals surface area contributed by atoms with Crippen LogP contribution in [-0.2, 0) is 4.79 Å². The van der Waals surface area contributed by atoms with Gasteiger partial charge < -0.3 is 14.6 Å². The maximum Gasteiger partial charge on any atom is 0.260 e. The number of fused-ring (bicyclic) bond motifs is 1. The molecule has 1 aromatic heterocycles. The van der Waals surface area contributed by atoms with Gasteiger partial charge in [-0.3, -0.25) is 4.79 Å². The van der Waals surface area contributed by atoms with Gasteiger partial charge in [0.25, 0.3) is 5.91 Å². The van der Waals surface area contributed by atoms with Crippen molar-refractivity contribution in [3.05, 3.63) is 65.4 Å². The molecule has 2 aromatic carbocycles. The maximum atomic E-state index is 12.5. The molecule has 0 saturated carbocycles. The van der Waals surface area contributed by atoms with Gasteiger partial charge in [-0.2, -0.15) is 0 Å². The normalized spacial score (nSPS) is 15.3. The number of piperidine rings is 1. The molecule has 1 saturated heterocycles. The summed E-state index contributed by atoms with van der Waals surface area (Å²) in [5.41, 5.74) is 4.98. The van der Waals surface area contributed by atoms with Gasteiger partial charge in [-0.1, -0.05) is 24.3 Å². The molecule has 0 aliphatic carbocycles. The molecule has 1 aliphatic rings. The minimum atomic E-state index is 0.0746. The van der Waals surface area contributed by atoms with Crippen LogP contribution in [0.4, 0.5) is 0 Å². The van der Waals surface area contributed by atoms with Gasteiger partial charge in [-0.15, -0.1) is 0 Å². The monoisotopic (exact) mass is 362 g/mol. The second-order valence-corrected chi connectivity index (χ2v) is 7.48. The first kappa shape index (κ1) is 17.7. The molecule has 1 aliphatic heterocycles. The van der Waals surface area contributed by atoms with Gasteiger partial charge >= 0.3 is 0 Å². The van der Waals surface area contributed by atoms with E-state index in [-0.39, 0.29) is 12.5 Å². The molecule has 0 bridgehead atoms. The number of aromatic nitrogens is 1. The zero-order valence-electron chi connectivity index (χ0n) is 16.0. The molecular formula is C23H26N2O2. The number of rotatable bonds is 4. The molecule has 3 aromatic rings. The topological polar surface area (TPSA) is 45.3 Å². The van der Waals surface area contributed by atoms with Crippen molar-refractivity contribution in [3.63, 3.8) is 0 Å². The Morgan fingerprint density at radius 3 is 2.67 bits per heavy atom. The molecular weight excluding hydrogens is 336 g/mol. The van der Waals surface area contributed by atoms with Crippen molar-refractivity contribution < 1.29 is 9.53 Å². The Labute approximate surface area is 160 Å². The van der Waals surface area contributed by atoms with Crippen LogP contribution in [0.1, 0.15) is 35.4 Å². The van der Waals surface area contributed by atoms with Crippen molar-refractivity contribution in [2.75, 3.05) is 19.7 Å². The molecule has 1 amide bonds. The number of benzene rings is 2. The smallest absolute Gasteiger partial charge is 0.260 e. The van der Waals surface area contributed by atoms with E-state index in [0.717, 1.165) is 31.7 Å². The van der Waals surface area contributed by atoms with Crippen molar-refractivity contribution in [2.45, 2.75) is 32.6 Å². The predicted octanol–water partition coefficient (Wildman–Crippen LogP) is 4.57. The zero-order valence-corrected chi connectivity index (χ0v) is 16.0. The van der Waals surface area contributed by atoms with E-state index >= 15 is 0 Å². The van der Waals surface area contributed by atoms with E-state index in [4.69, 9.17) is 4.74 Å². The van der Waals surface area contributed by atoms with Crippen molar-refractivity contribution in [1.82, 2.24) is 9.88 Å². The van der Waals surface area contributed by atoms with Gasteiger partial charge in [0, 0.05) is 30.2 Å². The van der Waals surface area contributed by atoms with Crippen LogP contribution in [0, 0.1) is 13.8 Å². The van der Waals surface area contributed by atoms with E-state index < -0.39 is 0 Å². The SMILES string of the molecule is Cc1ccc(OCC(=O)N2CCC(c3c[nH]c4ccccc34)CC2)cc1C. The van der Waals surface area contributed by atoms with Crippen LogP contribution < -0.4 is 4.74 Å². The first-order valence-electron chi connectivity index (χ1n) is 9.65. The highest BCUT2D eigenvalue weighted by atomic mass is 16.5. The summed E-state index contributed by atoms with van der Waals surface area (Å²) in [6, 6.07) is 14.4. The van der Waals surface area contributed by atoms with Gasteiger partial charge in [0.1, 0.15) is 5.75 Å². The molecule has 0 spiro atoms. The number of hydrogen-bond donors (Lipinski definition) is 1. The number of H-pyrrole nitrogens is 1. The third kappa shape index (κ3) is 3.70. The van der Waals surface area contributed by atoms with Gasteiger partial charge in [0.05, 0.1) is 0 Å².